The second-order valence-electron chi connectivity index (χ2n) is 3.31. The van der Waals surface area contributed by atoms with Crippen LogP contribution in [0, 0.1) is 5.82 Å². The zero-order chi connectivity index (χ0) is 12.6. The Morgan fingerprint density at radius 2 is 1.76 bits per heavy atom. The van der Waals surface area contributed by atoms with E-state index >= 15 is 0 Å². The van der Waals surface area contributed by atoms with Gasteiger partial charge >= 0.3 is 0 Å². The summed E-state index contributed by atoms with van der Waals surface area (Å²) in [6.07, 6.45) is 1.39. The number of aromatic nitrogens is 1. The van der Waals surface area contributed by atoms with Gasteiger partial charge in [0.15, 0.2) is 11.6 Å². The Hall–Kier alpha value is -1.03. The minimum absolute atomic E-state index is 0.178. The molecule has 0 fully saturated rings. The molecule has 1 aromatic heterocycles. The Morgan fingerprint density at radius 3 is 2.41 bits per heavy atom. The van der Waals surface area contributed by atoms with Crippen LogP contribution in [0.5, 0.6) is 0 Å². The Kier molecular flexibility index (Phi) is 3.43. The molecule has 6 heteroatoms. The van der Waals surface area contributed by atoms with Crippen LogP contribution in [0.4, 0.5) is 10.2 Å². The summed E-state index contributed by atoms with van der Waals surface area (Å²) < 4.78 is 13.3. The van der Waals surface area contributed by atoms with Crippen molar-refractivity contribution in [3.8, 4) is 11.1 Å². The summed E-state index contributed by atoms with van der Waals surface area (Å²) in [6, 6.07) is 4.36. The predicted octanol–water partition coefficient (Wildman–Crippen LogP) is 4.43. The molecule has 0 radical (unpaired) electrons. The van der Waals surface area contributed by atoms with E-state index in [1.165, 1.54) is 12.3 Å². The van der Waals surface area contributed by atoms with Gasteiger partial charge in [-0.05, 0) is 18.2 Å². The van der Waals surface area contributed by atoms with Crippen molar-refractivity contribution in [3.63, 3.8) is 0 Å². The highest BCUT2D eigenvalue weighted by molar-refractivity contribution is 6.46. The fraction of sp³-hybridized carbons (Fsp3) is 0. The van der Waals surface area contributed by atoms with Gasteiger partial charge in [0.1, 0.15) is 0 Å². The van der Waals surface area contributed by atoms with Crippen molar-refractivity contribution < 1.29 is 4.39 Å². The number of hydrogen-bond donors (Lipinski definition) is 1. The summed E-state index contributed by atoms with van der Waals surface area (Å²) in [6.45, 7) is 0. The molecule has 0 saturated heterocycles. The third-order valence-corrected chi connectivity index (χ3v) is 3.32. The van der Waals surface area contributed by atoms with E-state index in [1.807, 2.05) is 0 Å². The molecular weight excluding hydrogens is 285 g/mol. The standard InChI is InChI=1S/C11H6Cl3FN2/c12-6-1-2-7(13)10(14)9(6)5-3-8(15)11(16)17-4-5/h1-4H,(H2,16,17). The van der Waals surface area contributed by atoms with Crippen molar-refractivity contribution in [2.75, 3.05) is 5.73 Å². The lowest BCUT2D eigenvalue weighted by Crippen LogP contribution is -1.95. The molecule has 17 heavy (non-hydrogen) atoms. The van der Waals surface area contributed by atoms with Gasteiger partial charge in [-0.15, -0.1) is 0 Å². The van der Waals surface area contributed by atoms with Crippen LogP contribution in [0.3, 0.4) is 0 Å². The van der Waals surface area contributed by atoms with E-state index in [4.69, 9.17) is 40.5 Å². The van der Waals surface area contributed by atoms with Crippen LogP contribution < -0.4 is 5.73 Å². The molecule has 88 valence electrons. The predicted molar refractivity (Wildman–Crippen MR) is 69.1 cm³/mol. The van der Waals surface area contributed by atoms with Crippen molar-refractivity contribution in [3.05, 3.63) is 45.3 Å². The number of anilines is 1. The number of halogens is 4. The van der Waals surface area contributed by atoms with E-state index in [0.717, 1.165) is 0 Å². The summed E-state index contributed by atoms with van der Waals surface area (Å²) in [4.78, 5) is 3.71. The zero-order valence-electron chi connectivity index (χ0n) is 8.35. The molecule has 0 aliphatic rings. The van der Waals surface area contributed by atoms with Gasteiger partial charge in [-0.25, -0.2) is 9.37 Å². The van der Waals surface area contributed by atoms with Gasteiger partial charge in [0.2, 0.25) is 0 Å². The quantitative estimate of drug-likeness (QED) is 0.789. The van der Waals surface area contributed by atoms with Crippen LogP contribution in [0.1, 0.15) is 0 Å². The smallest absolute Gasteiger partial charge is 0.165 e. The minimum Gasteiger partial charge on any atom is -0.381 e. The number of rotatable bonds is 1. The average molecular weight is 292 g/mol. The van der Waals surface area contributed by atoms with E-state index in [1.54, 1.807) is 12.1 Å². The fourth-order valence-electron chi connectivity index (χ4n) is 1.38. The fourth-order valence-corrected chi connectivity index (χ4v) is 2.12. The summed E-state index contributed by atoms with van der Waals surface area (Å²) in [5, 5.41) is 0.957. The van der Waals surface area contributed by atoms with Gasteiger partial charge < -0.3 is 5.73 Å². The van der Waals surface area contributed by atoms with Crippen LogP contribution in [0.2, 0.25) is 15.1 Å². The molecule has 0 spiro atoms. The molecule has 2 aromatic rings. The minimum atomic E-state index is -0.630. The second-order valence-corrected chi connectivity index (χ2v) is 4.50. The first-order chi connectivity index (χ1) is 8.00. The number of benzene rings is 1. The van der Waals surface area contributed by atoms with Gasteiger partial charge in [0, 0.05) is 17.3 Å². The Labute approximate surface area is 112 Å². The van der Waals surface area contributed by atoms with Crippen LogP contribution >= 0.6 is 34.8 Å². The van der Waals surface area contributed by atoms with Gasteiger partial charge in [-0.3, -0.25) is 0 Å². The van der Waals surface area contributed by atoms with Gasteiger partial charge in [0.25, 0.3) is 0 Å². The first-order valence-electron chi connectivity index (χ1n) is 4.55. The maximum Gasteiger partial charge on any atom is 0.165 e. The molecule has 2 rings (SSSR count). The lowest BCUT2D eigenvalue weighted by molar-refractivity contribution is 0.628. The lowest BCUT2D eigenvalue weighted by atomic mass is 10.1. The molecule has 0 saturated carbocycles. The summed E-state index contributed by atoms with van der Waals surface area (Å²) in [5.74, 6) is -0.808. The highest BCUT2D eigenvalue weighted by Gasteiger charge is 2.13. The van der Waals surface area contributed by atoms with E-state index in [-0.39, 0.29) is 10.8 Å². The molecule has 0 unspecified atom stereocenters. The molecule has 2 N–H and O–H groups in total. The third-order valence-electron chi connectivity index (χ3n) is 2.20. The molecule has 0 atom stereocenters. The summed E-state index contributed by atoms with van der Waals surface area (Å²) >= 11 is 17.9. The normalized spacial score (nSPS) is 10.6. The topological polar surface area (TPSA) is 38.9 Å². The number of nitrogens with two attached hydrogens (primary N) is 1. The summed E-state index contributed by atoms with van der Waals surface area (Å²) in [7, 11) is 0. The molecular formula is C11H6Cl3FN2. The Morgan fingerprint density at radius 1 is 1.12 bits per heavy atom. The third kappa shape index (κ3) is 2.32. The van der Waals surface area contributed by atoms with Crippen molar-refractivity contribution in [2.24, 2.45) is 0 Å². The molecule has 2 nitrogen and oxygen atoms in total. The average Bonchev–Trinajstić information content (AvgIpc) is 2.29. The van der Waals surface area contributed by atoms with Crippen molar-refractivity contribution in [1.29, 1.82) is 0 Å². The number of pyridine rings is 1. The monoisotopic (exact) mass is 290 g/mol. The van der Waals surface area contributed by atoms with Crippen LogP contribution in [0.15, 0.2) is 24.4 Å². The van der Waals surface area contributed by atoms with Crippen molar-refractivity contribution in [1.82, 2.24) is 4.98 Å². The van der Waals surface area contributed by atoms with Gasteiger partial charge in [0.05, 0.1) is 15.1 Å². The van der Waals surface area contributed by atoms with Crippen LogP contribution in [-0.4, -0.2) is 4.98 Å². The maximum atomic E-state index is 13.3. The Balaban J connectivity index is 2.68. The zero-order valence-corrected chi connectivity index (χ0v) is 10.6. The van der Waals surface area contributed by atoms with E-state index in [9.17, 15) is 4.39 Å². The number of hydrogen-bond acceptors (Lipinski definition) is 2. The van der Waals surface area contributed by atoms with Gasteiger partial charge in [-0.1, -0.05) is 34.8 Å². The van der Waals surface area contributed by atoms with Crippen molar-refractivity contribution >= 4 is 40.6 Å². The molecule has 1 heterocycles. The van der Waals surface area contributed by atoms with E-state index < -0.39 is 5.82 Å². The Bertz CT molecular complexity index is 587. The number of nitrogens with zero attached hydrogens (tertiary/aromatic N) is 1. The lowest BCUT2D eigenvalue weighted by Gasteiger charge is -2.08. The first kappa shape index (κ1) is 12.4. The number of nitrogen functional groups attached to an aromatic ring is 1. The van der Waals surface area contributed by atoms with Crippen molar-refractivity contribution in [2.45, 2.75) is 0 Å². The van der Waals surface area contributed by atoms with E-state index in [0.29, 0.717) is 21.2 Å². The SMILES string of the molecule is Nc1ncc(-c2c(Cl)ccc(Cl)c2Cl)cc1F. The van der Waals surface area contributed by atoms with E-state index in [2.05, 4.69) is 4.98 Å². The summed E-state index contributed by atoms with van der Waals surface area (Å²) in [5.41, 5.74) is 6.16. The second kappa shape index (κ2) is 4.69. The molecule has 0 aliphatic carbocycles. The molecule has 0 bridgehead atoms. The molecule has 1 aromatic carbocycles. The highest BCUT2D eigenvalue weighted by atomic mass is 35.5. The maximum absolute atomic E-state index is 13.3. The highest BCUT2D eigenvalue weighted by Crippen LogP contribution is 2.39. The largest absolute Gasteiger partial charge is 0.381 e. The van der Waals surface area contributed by atoms with Crippen LogP contribution in [0.25, 0.3) is 11.1 Å². The van der Waals surface area contributed by atoms with Crippen LogP contribution in [-0.2, 0) is 0 Å². The molecule has 0 amide bonds. The van der Waals surface area contributed by atoms with Gasteiger partial charge in [-0.2, -0.15) is 0 Å². The first-order valence-corrected chi connectivity index (χ1v) is 5.69. The molecule has 0 aliphatic heterocycles.